The highest BCUT2D eigenvalue weighted by Gasteiger charge is 2.12. The molecule has 3 heteroatoms. The maximum Gasteiger partial charge on any atom is 0.127 e. The van der Waals surface area contributed by atoms with Crippen LogP contribution in [0.3, 0.4) is 0 Å². The van der Waals surface area contributed by atoms with Crippen LogP contribution in [-0.4, -0.2) is 18.1 Å². The average molecular weight is 222 g/mol. The maximum atomic E-state index is 5.96. The lowest BCUT2D eigenvalue weighted by Crippen LogP contribution is -2.20. The highest BCUT2D eigenvalue weighted by molar-refractivity contribution is 5.33. The number of pyridine rings is 1. The lowest BCUT2D eigenvalue weighted by Gasteiger charge is -2.20. The number of hydrogen-bond acceptors (Lipinski definition) is 3. The minimum Gasteiger partial charge on any atom is -0.490 e. The van der Waals surface area contributed by atoms with Crippen molar-refractivity contribution in [2.45, 2.75) is 40.3 Å². The lowest BCUT2D eigenvalue weighted by atomic mass is 10.1. The van der Waals surface area contributed by atoms with Gasteiger partial charge in [-0.05, 0) is 26.8 Å². The van der Waals surface area contributed by atoms with E-state index in [1.807, 2.05) is 26.2 Å². The van der Waals surface area contributed by atoms with Crippen molar-refractivity contribution in [3.63, 3.8) is 0 Å². The summed E-state index contributed by atoms with van der Waals surface area (Å²) in [6.45, 7) is 9.19. The van der Waals surface area contributed by atoms with Crippen molar-refractivity contribution in [1.29, 1.82) is 0 Å². The molecule has 1 rings (SSSR count). The zero-order chi connectivity index (χ0) is 12.1. The molecule has 0 amide bonds. The number of ether oxygens (including phenoxy) is 1. The first-order valence-corrected chi connectivity index (χ1v) is 5.81. The standard InChI is InChI=1S/C13H22N2O/c1-9(2)11(4)16-13-6-10(3)15-8-12(13)7-14-5/h6,8-9,11,14H,7H2,1-5H3. The summed E-state index contributed by atoms with van der Waals surface area (Å²) in [6.07, 6.45) is 2.10. The summed E-state index contributed by atoms with van der Waals surface area (Å²) in [5, 5.41) is 3.13. The Bertz CT molecular complexity index is 337. The van der Waals surface area contributed by atoms with Crippen molar-refractivity contribution in [3.8, 4) is 5.75 Å². The van der Waals surface area contributed by atoms with Gasteiger partial charge in [-0.25, -0.2) is 0 Å². The van der Waals surface area contributed by atoms with Crippen molar-refractivity contribution in [1.82, 2.24) is 10.3 Å². The molecule has 16 heavy (non-hydrogen) atoms. The van der Waals surface area contributed by atoms with E-state index in [-0.39, 0.29) is 6.10 Å². The Morgan fingerprint density at radius 1 is 1.38 bits per heavy atom. The van der Waals surface area contributed by atoms with Gasteiger partial charge in [0.2, 0.25) is 0 Å². The Balaban J connectivity index is 2.87. The summed E-state index contributed by atoms with van der Waals surface area (Å²) in [6, 6.07) is 2.01. The molecule has 0 saturated heterocycles. The highest BCUT2D eigenvalue weighted by atomic mass is 16.5. The molecule has 1 aromatic rings. The summed E-state index contributed by atoms with van der Waals surface area (Å²) in [7, 11) is 1.93. The normalized spacial score (nSPS) is 12.9. The Kier molecular flexibility index (Phi) is 4.74. The Morgan fingerprint density at radius 3 is 2.62 bits per heavy atom. The van der Waals surface area contributed by atoms with Crippen molar-refractivity contribution in [3.05, 3.63) is 23.5 Å². The third kappa shape index (κ3) is 3.49. The number of rotatable bonds is 5. The van der Waals surface area contributed by atoms with Crippen LogP contribution >= 0.6 is 0 Å². The fourth-order valence-electron chi connectivity index (χ4n) is 1.33. The van der Waals surface area contributed by atoms with E-state index in [0.717, 1.165) is 23.6 Å². The van der Waals surface area contributed by atoms with Crippen LogP contribution < -0.4 is 10.1 Å². The molecule has 1 unspecified atom stereocenters. The molecule has 0 aromatic carbocycles. The minimum atomic E-state index is 0.220. The molecule has 0 saturated carbocycles. The number of nitrogens with one attached hydrogen (secondary N) is 1. The second kappa shape index (κ2) is 5.85. The first-order chi connectivity index (χ1) is 7.54. The molecular weight excluding hydrogens is 200 g/mol. The van der Waals surface area contributed by atoms with Crippen LogP contribution in [0.4, 0.5) is 0 Å². The zero-order valence-electron chi connectivity index (χ0n) is 10.9. The molecule has 0 aliphatic heterocycles. The SMILES string of the molecule is CNCc1cnc(C)cc1OC(C)C(C)C. The topological polar surface area (TPSA) is 34.2 Å². The molecule has 1 N–H and O–H groups in total. The van der Waals surface area contributed by atoms with E-state index < -0.39 is 0 Å². The molecule has 90 valence electrons. The van der Waals surface area contributed by atoms with Gasteiger partial charge in [0.05, 0.1) is 6.10 Å². The fourth-order valence-corrected chi connectivity index (χ4v) is 1.33. The van der Waals surface area contributed by atoms with Gasteiger partial charge in [0.15, 0.2) is 0 Å². The van der Waals surface area contributed by atoms with E-state index in [1.54, 1.807) is 0 Å². The zero-order valence-corrected chi connectivity index (χ0v) is 10.9. The number of aryl methyl sites for hydroxylation is 1. The average Bonchev–Trinajstić information content (AvgIpc) is 2.22. The highest BCUT2D eigenvalue weighted by Crippen LogP contribution is 2.21. The number of hydrogen-bond donors (Lipinski definition) is 1. The first-order valence-electron chi connectivity index (χ1n) is 5.81. The van der Waals surface area contributed by atoms with Crippen molar-refractivity contribution >= 4 is 0 Å². The van der Waals surface area contributed by atoms with Gasteiger partial charge in [0.25, 0.3) is 0 Å². The van der Waals surface area contributed by atoms with Crippen LogP contribution in [0, 0.1) is 12.8 Å². The summed E-state index contributed by atoms with van der Waals surface area (Å²) in [4.78, 5) is 4.29. The van der Waals surface area contributed by atoms with Crippen molar-refractivity contribution in [2.75, 3.05) is 7.05 Å². The van der Waals surface area contributed by atoms with E-state index >= 15 is 0 Å². The third-order valence-electron chi connectivity index (χ3n) is 2.70. The summed E-state index contributed by atoms with van der Waals surface area (Å²) in [5.41, 5.74) is 2.10. The Hall–Kier alpha value is -1.09. The smallest absolute Gasteiger partial charge is 0.127 e. The van der Waals surface area contributed by atoms with E-state index in [9.17, 15) is 0 Å². The molecule has 0 aliphatic rings. The van der Waals surface area contributed by atoms with Gasteiger partial charge >= 0.3 is 0 Å². The van der Waals surface area contributed by atoms with E-state index in [1.165, 1.54) is 0 Å². The molecule has 0 radical (unpaired) electrons. The van der Waals surface area contributed by atoms with Gasteiger partial charge < -0.3 is 10.1 Å². The van der Waals surface area contributed by atoms with Crippen molar-refractivity contribution in [2.24, 2.45) is 5.92 Å². The Morgan fingerprint density at radius 2 is 2.06 bits per heavy atom. The fraction of sp³-hybridized carbons (Fsp3) is 0.615. The van der Waals surface area contributed by atoms with Gasteiger partial charge in [-0.15, -0.1) is 0 Å². The molecule has 0 fully saturated rings. The second-order valence-electron chi connectivity index (χ2n) is 4.53. The monoisotopic (exact) mass is 222 g/mol. The van der Waals surface area contributed by atoms with Crippen molar-refractivity contribution < 1.29 is 4.74 Å². The van der Waals surface area contributed by atoms with E-state index in [2.05, 4.69) is 31.1 Å². The summed E-state index contributed by atoms with van der Waals surface area (Å²) >= 11 is 0. The van der Waals surface area contributed by atoms with Gasteiger partial charge in [-0.2, -0.15) is 0 Å². The predicted octanol–water partition coefficient (Wildman–Crippen LogP) is 2.53. The molecule has 1 aromatic heterocycles. The molecule has 0 spiro atoms. The molecule has 1 heterocycles. The quantitative estimate of drug-likeness (QED) is 0.831. The molecule has 0 aliphatic carbocycles. The van der Waals surface area contributed by atoms with Crippen LogP contribution in [0.1, 0.15) is 32.0 Å². The van der Waals surface area contributed by atoms with Crippen LogP contribution in [0.5, 0.6) is 5.75 Å². The molecule has 0 bridgehead atoms. The third-order valence-corrected chi connectivity index (χ3v) is 2.70. The lowest BCUT2D eigenvalue weighted by molar-refractivity contribution is 0.168. The van der Waals surface area contributed by atoms with Crippen LogP contribution in [-0.2, 0) is 6.54 Å². The summed E-state index contributed by atoms with van der Waals surface area (Å²) in [5.74, 6) is 1.46. The second-order valence-corrected chi connectivity index (χ2v) is 4.53. The van der Waals surface area contributed by atoms with Crippen LogP contribution in [0.2, 0.25) is 0 Å². The van der Waals surface area contributed by atoms with Gasteiger partial charge in [0.1, 0.15) is 5.75 Å². The van der Waals surface area contributed by atoms with Gasteiger partial charge in [-0.3, -0.25) is 4.98 Å². The Labute approximate surface area is 98.2 Å². The molecule has 1 atom stereocenters. The predicted molar refractivity (Wildman–Crippen MR) is 66.7 cm³/mol. The number of nitrogens with zero attached hydrogens (tertiary/aromatic N) is 1. The first kappa shape index (κ1) is 13.0. The van der Waals surface area contributed by atoms with Crippen LogP contribution in [0.15, 0.2) is 12.3 Å². The van der Waals surface area contributed by atoms with E-state index in [0.29, 0.717) is 5.92 Å². The van der Waals surface area contributed by atoms with E-state index in [4.69, 9.17) is 4.74 Å². The molecular formula is C13H22N2O. The maximum absolute atomic E-state index is 5.96. The largest absolute Gasteiger partial charge is 0.490 e. The van der Waals surface area contributed by atoms with Gasteiger partial charge in [-0.1, -0.05) is 13.8 Å². The summed E-state index contributed by atoms with van der Waals surface area (Å²) < 4.78 is 5.96. The van der Waals surface area contributed by atoms with Crippen LogP contribution in [0.25, 0.3) is 0 Å². The minimum absolute atomic E-state index is 0.220. The number of aromatic nitrogens is 1. The molecule has 3 nitrogen and oxygen atoms in total. The van der Waals surface area contributed by atoms with Gasteiger partial charge in [0, 0.05) is 30.1 Å².